The van der Waals surface area contributed by atoms with Gasteiger partial charge >= 0.3 is 0 Å². The van der Waals surface area contributed by atoms with Crippen LogP contribution < -0.4 is 0 Å². The molecule has 6 unspecified atom stereocenters. The van der Waals surface area contributed by atoms with Gasteiger partial charge in [-0.2, -0.15) is 0 Å². The van der Waals surface area contributed by atoms with Crippen molar-refractivity contribution in [2.45, 2.75) is 310 Å². The van der Waals surface area contributed by atoms with Crippen LogP contribution in [0.15, 0.2) is 30.3 Å². The molecule has 67 heavy (non-hydrogen) atoms. The van der Waals surface area contributed by atoms with Crippen molar-refractivity contribution in [1.82, 2.24) is 14.7 Å². The number of hydrogen-bond acceptors (Lipinski definition) is 3. The van der Waals surface area contributed by atoms with Crippen LogP contribution in [0.2, 0.25) is 0 Å². The molecule has 0 radical (unpaired) electrons. The third kappa shape index (κ3) is 15.3. The van der Waals surface area contributed by atoms with Gasteiger partial charge in [0, 0.05) is 34.7 Å². The summed E-state index contributed by atoms with van der Waals surface area (Å²) < 4.78 is 0. The van der Waals surface area contributed by atoms with Crippen molar-refractivity contribution in [3.8, 4) is 0 Å². The first-order valence-electron chi connectivity index (χ1n) is 29.7. The quantitative estimate of drug-likeness (QED) is 0.0827. The van der Waals surface area contributed by atoms with E-state index >= 15 is 0 Å². The van der Waals surface area contributed by atoms with Gasteiger partial charge in [0.25, 0.3) is 0 Å². The Hall–Kier alpha value is -1.42. The largest absolute Gasteiger partial charge is 0.295 e. The molecule has 0 spiro atoms. The minimum atomic E-state index is 0.172. The van der Waals surface area contributed by atoms with Crippen LogP contribution in [0.5, 0.6) is 0 Å². The molecular weight excluding hydrogens is 811 g/mol. The minimum Gasteiger partial charge on any atom is -0.295 e. The van der Waals surface area contributed by atoms with Crippen molar-refractivity contribution in [2.24, 2.45) is 17.8 Å². The van der Waals surface area contributed by atoms with Crippen LogP contribution in [0.1, 0.15) is 292 Å². The van der Waals surface area contributed by atoms with Gasteiger partial charge in [-0.1, -0.05) is 189 Å². The van der Waals surface area contributed by atoms with E-state index < -0.39 is 0 Å². The van der Waals surface area contributed by atoms with Crippen LogP contribution in [0.25, 0.3) is 10.8 Å². The lowest BCUT2D eigenvalue weighted by Crippen LogP contribution is -2.57. The molecular formula is C64H113N3. The van der Waals surface area contributed by atoms with Crippen LogP contribution >= 0.6 is 0 Å². The smallest absolute Gasteiger partial charge is 0.0162 e. The van der Waals surface area contributed by atoms with E-state index in [1.165, 1.54) is 179 Å². The van der Waals surface area contributed by atoms with Gasteiger partial charge in [0.2, 0.25) is 0 Å². The highest BCUT2D eigenvalue weighted by Crippen LogP contribution is 2.50. The van der Waals surface area contributed by atoms with Crippen LogP contribution in [-0.2, 0) is 0 Å². The maximum absolute atomic E-state index is 2.99. The molecule has 0 saturated carbocycles. The Bertz CT molecular complexity index is 1720. The Kier molecular flexibility index (Phi) is 22.2. The van der Waals surface area contributed by atoms with Crippen LogP contribution in [-0.4, -0.2) is 69.1 Å². The fourth-order valence-electron chi connectivity index (χ4n) is 14.5. The zero-order valence-corrected chi connectivity index (χ0v) is 47.5. The van der Waals surface area contributed by atoms with Gasteiger partial charge in [0.05, 0.1) is 0 Å². The number of rotatable bonds is 27. The number of nitrogens with zero attached hydrogens (tertiary/aromatic N) is 3. The monoisotopic (exact) mass is 924 g/mol. The molecule has 0 aromatic heterocycles. The average molecular weight is 925 g/mol. The Morgan fingerprint density at radius 2 is 0.761 bits per heavy atom. The predicted octanol–water partition coefficient (Wildman–Crippen LogP) is 18.9. The molecule has 0 amide bonds. The summed E-state index contributed by atoms with van der Waals surface area (Å²) in [5.74, 6) is 3.73. The highest BCUT2D eigenvalue weighted by atomic mass is 15.2. The number of hydrogen-bond donors (Lipinski definition) is 0. The maximum Gasteiger partial charge on any atom is 0.0162 e. The summed E-state index contributed by atoms with van der Waals surface area (Å²) >= 11 is 0. The van der Waals surface area contributed by atoms with E-state index in [1.807, 2.05) is 0 Å². The average Bonchev–Trinajstić information content (AvgIpc) is 3.26. The molecule has 0 N–H and O–H groups in total. The van der Waals surface area contributed by atoms with Gasteiger partial charge in [0.1, 0.15) is 0 Å². The van der Waals surface area contributed by atoms with E-state index in [2.05, 4.69) is 149 Å². The lowest BCUT2D eigenvalue weighted by Gasteiger charge is -2.53. The van der Waals surface area contributed by atoms with E-state index in [-0.39, 0.29) is 16.6 Å². The minimum absolute atomic E-state index is 0.172. The third-order valence-corrected chi connectivity index (χ3v) is 18.3. The fourth-order valence-corrected chi connectivity index (χ4v) is 14.5. The summed E-state index contributed by atoms with van der Waals surface area (Å²) in [5, 5.41) is 3.10. The van der Waals surface area contributed by atoms with Gasteiger partial charge in [-0.25, -0.2) is 0 Å². The summed E-state index contributed by atoms with van der Waals surface area (Å²) in [6.45, 7) is 41.5. The fraction of sp³-hybridized carbons (Fsp3) is 0.844. The van der Waals surface area contributed by atoms with Gasteiger partial charge in [-0.05, 0) is 182 Å². The highest BCUT2D eigenvalue weighted by Gasteiger charge is 2.46. The normalized spacial score (nSPS) is 26.1. The number of fused-ring (bicyclic) bond motifs is 1. The maximum atomic E-state index is 2.99. The second kappa shape index (κ2) is 26.3. The first-order chi connectivity index (χ1) is 31.8. The van der Waals surface area contributed by atoms with Crippen molar-refractivity contribution in [3.63, 3.8) is 0 Å². The van der Waals surface area contributed by atoms with Crippen molar-refractivity contribution < 1.29 is 0 Å². The highest BCUT2D eigenvalue weighted by molar-refractivity contribution is 5.88. The van der Waals surface area contributed by atoms with Gasteiger partial charge in [0.15, 0.2) is 0 Å². The van der Waals surface area contributed by atoms with E-state index in [1.54, 1.807) is 22.1 Å². The molecule has 3 heteroatoms. The van der Waals surface area contributed by atoms with Crippen LogP contribution in [0, 0.1) is 17.8 Å². The lowest BCUT2D eigenvalue weighted by atomic mass is 9.69. The molecule has 0 aliphatic carbocycles. The number of benzene rings is 2. The van der Waals surface area contributed by atoms with E-state index in [0.29, 0.717) is 53.6 Å². The Morgan fingerprint density at radius 3 is 1.15 bits per heavy atom. The third-order valence-electron chi connectivity index (χ3n) is 18.3. The lowest BCUT2D eigenvalue weighted by molar-refractivity contribution is -0.00918. The van der Waals surface area contributed by atoms with Gasteiger partial charge in [-0.15, -0.1) is 0 Å². The summed E-state index contributed by atoms with van der Waals surface area (Å²) in [4.78, 5) is 8.93. The molecule has 3 fully saturated rings. The molecule has 3 nitrogen and oxygen atoms in total. The molecule has 3 saturated heterocycles. The Balaban J connectivity index is 1.51. The number of piperidine rings is 3. The second-order valence-electron chi connectivity index (χ2n) is 26.3. The molecule has 6 atom stereocenters. The first kappa shape index (κ1) is 56.5. The summed E-state index contributed by atoms with van der Waals surface area (Å²) in [6.07, 6.45) is 32.4. The molecule has 2 aromatic carbocycles. The molecule has 3 aliphatic rings. The van der Waals surface area contributed by atoms with E-state index in [9.17, 15) is 0 Å². The topological polar surface area (TPSA) is 9.72 Å². The molecule has 5 rings (SSSR count). The molecule has 3 aliphatic heterocycles. The van der Waals surface area contributed by atoms with Crippen LogP contribution in [0.4, 0.5) is 0 Å². The van der Waals surface area contributed by atoms with Crippen molar-refractivity contribution >= 4 is 10.8 Å². The zero-order chi connectivity index (χ0) is 48.9. The van der Waals surface area contributed by atoms with Crippen molar-refractivity contribution in [2.75, 3.05) is 19.6 Å². The summed E-state index contributed by atoms with van der Waals surface area (Å²) in [6, 6.07) is 15.4. The van der Waals surface area contributed by atoms with Crippen molar-refractivity contribution in [3.05, 3.63) is 47.0 Å². The van der Waals surface area contributed by atoms with Gasteiger partial charge < -0.3 is 0 Å². The molecule has 384 valence electrons. The van der Waals surface area contributed by atoms with Gasteiger partial charge in [-0.3, -0.25) is 14.7 Å². The zero-order valence-electron chi connectivity index (χ0n) is 47.5. The standard InChI is InChI=1S/C64H113N3/c1-16-19-22-25-28-31-36-65-59(48(4)5)42-54(45-62(65,10)11)51-34-35-52-39-53(55-43-60(49(6)7)66(63(12,13)46-55)37-32-29-26-23-20-17-2)41-58(57(52)40-51)56-44-61(50(8)9)67(64(14,15)47-56)38-33-30-27-24-21-18-3/h34-35,39-41,48-50,54-56,59-61H,16-33,36-38,42-47H2,1-15H3. The molecule has 2 aromatic rings. The van der Waals surface area contributed by atoms with Crippen LogP contribution in [0.3, 0.4) is 0 Å². The Labute approximate surface area is 418 Å². The summed E-state index contributed by atoms with van der Waals surface area (Å²) in [7, 11) is 0. The first-order valence-corrected chi connectivity index (χ1v) is 29.7. The second-order valence-corrected chi connectivity index (χ2v) is 26.3. The number of unbranched alkanes of at least 4 members (excludes halogenated alkanes) is 15. The number of likely N-dealkylation sites (tertiary alicyclic amines) is 3. The summed E-state index contributed by atoms with van der Waals surface area (Å²) in [5.41, 5.74) is 5.51. The molecule has 3 heterocycles. The molecule has 0 bridgehead atoms. The predicted molar refractivity (Wildman–Crippen MR) is 298 cm³/mol. The Morgan fingerprint density at radius 1 is 0.418 bits per heavy atom. The van der Waals surface area contributed by atoms with E-state index in [4.69, 9.17) is 0 Å². The van der Waals surface area contributed by atoms with E-state index in [0.717, 1.165) is 0 Å². The SMILES string of the molecule is CCCCCCCCN1C(C(C)C)CC(c2cc(C3CC(C(C)C)N(CCCCCCCC)C(C)(C)C3)c3cc(C4CC(C(C)C)N(CCCCCCCC)C(C)(C)C4)ccc3c2)CC1(C)C. The van der Waals surface area contributed by atoms with Crippen molar-refractivity contribution in [1.29, 1.82) is 0 Å².